The molecular weight excluding hydrogens is 354 g/mol. The summed E-state index contributed by atoms with van der Waals surface area (Å²) in [7, 11) is 2.99. The molecule has 0 aliphatic rings. The predicted octanol–water partition coefficient (Wildman–Crippen LogP) is 3.34. The molecule has 0 bridgehead atoms. The molecule has 2 rings (SSSR count). The minimum atomic E-state index is -0.234. The number of amides is 1. The second kappa shape index (κ2) is 9.59. The van der Waals surface area contributed by atoms with E-state index in [-0.39, 0.29) is 12.5 Å². The van der Waals surface area contributed by atoms with Crippen LogP contribution in [0.1, 0.15) is 15.9 Å². The van der Waals surface area contributed by atoms with Gasteiger partial charge in [-0.2, -0.15) is 0 Å². The molecule has 2 aromatic rings. The Balaban J connectivity index is 1.93. The highest BCUT2D eigenvalue weighted by atomic mass is 35.5. The van der Waals surface area contributed by atoms with Crippen molar-refractivity contribution in [3.05, 3.63) is 52.5 Å². The smallest absolute Gasteiger partial charge is 0.251 e. The SMILES string of the molecule is C#CCOc1ccc(CCNC(=O)c2cc(Cl)c(OC)c(OC)c2)cc1. The lowest BCUT2D eigenvalue weighted by Crippen LogP contribution is -2.25. The van der Waals surface area contributed by atoms with E-state index in [1.165, 1.54) is 14.2 Å². The Kier molecular flexibility index (Phi) is 7.19. The molecule has 0 aliphatic carbocycles. The van der Waals surface area contributed by atoms with E-state index in [1.807, 2.05) is 24.3 Å². The van der Waals surface area contributed by atoms with Crippen LogP contribution in [0.15, 0.2) is 36.4 Å². The first-order valence-electron chi connectivity index (χ1n) is 7.94. The molecule has 6 heteroatoms. The van der Waals surface area contributed by atoms with Gasteiger partial charge in [-0.25, -0.2) is 0 Å². The number of terminal acetylenes is 1. The molecule has 0 atom stereocenters. The highest BCUT2D eigenvalue weighted by Gasteiger charge is 2.14. The largest absolute Gasteiger partial charge is 0.493 e. The molecule has 0 heterocycles. The first-order valence-corrected chi connectivity index (χ1v) is 8.31. The van der Waals surface area contributed by atoms with Crippen molar-refractivity contribution >= 4 is 17.5 Å². The average Bonchev–Trinajstić information content (AvgIpc) is 2.66. The van der Waals surface area contributed by atoms with Gasteiger partial charge < -0.3 is 19.5 Å². The first-order chi connectivity index (χ1) is 12.6. The van der Waals surface area contributed by atoms with Gasteiger partial charge in [0.05, 0.1) is 19.2 Å². The van der Waals surface area contributed by atoms with Gasteiger partial charge in [-0.05, 0) is 36.2 Å². The molecule has 0 aromatic heterocycles. The van der Waals surface area contributed by atoms with Gasteiger partial charge in [0.25, 0.3) is 5.91 Å². The second-order valence-electron chi connectivity index (χ2n) is 5.34. The molecule has 1 N–H and O–H groups in total. The van der Waals surface area contributed by atoms with Crippen LogP contribution in [0.2, 0.25) is 5.02 Å². The molecule has 0 fully saturated rings. The van der Waals surface area contributed by atoms with Gasteiger partial charge in [-0.15, -0.1) is 6.42 Å². The maximum absolute atomic E-state index is 12.3. The monoisotopic (exact) mass is 373 g/mol. The van der Waals surface area contributed by atoms with Gasteiger partial charge in [0.15, 0.2) is 11.5 Å². The molecule has 1 amide bonds. The quantitative estimate of drug-likeness (QED) is 0.721. The molecular formula is C20H20ClNO4. The van der Waals surface area contributed by atoms with Crippen LogP contribution in [-0.4, -0.2) is 33.3 Å². The Bertz CT molecular complexity index is 797. The van der Waals surface area contributed by atoms with Crippen molar-refractivity contribution in [2.24, 2.45) is 0 Å². The van der Waals surface area contributed by atoms with Gasteiger partial charge in [0.1, 0.15) is 12.4 Å². The van der Waals surface area contributed by atoms with Gasteiger partial charge in [-0.1, -0.05) is 29.7 Å². The summed E-state index contributed by atoms with van der Waals surface area (Å²) < 4.78 is 15.7. The fourth-order valence-corrected chi connectivity index (χ4v) is 2.64. The topological polar surface area (TPSA) is 56.8 Å². The Morgan fingerprint density at radius 3 is 2.54 bits per heavy atom. The lowest BCUT2D eigenvalue weighted by Gasteiger charge is -2.12. The third-order valence-electron chi connectivity index (χ3n) is 3.64. The Morgan fingerprint density at radius 1 is 1.19 bits per heavy atom. The van der Waals surface area contributed by atoms with Crippen LogP contribution in [-0.2, 0) is 6.42 Å². The first kappa shape index (κ1) is 19.5. The van der Waals surface area contributed by atoms with Crippen LogP contribution in [0.25, 0.3) is 0 Å². The summed E-state index contributed by atoms with van der Waals surface area (Å²) in [5, 5.41) is 3.18. The number of ether oxygens (including phenoxy) is 3. The number of hydrogen-bond donors (Lipinski definition) is 1. The summed E-state index contributed by atoms with van der Waals surface area (Å²) in [4.78, 5) is 12.3. The minimum Gasteiger partial charge on any atom is -0.493 e. The lowest BCUT2D eigenvalue weighted by atomic mass is 10.1. The molecule has 26 heavy (non-hydrogen) atoms. The van der Waals surface area contributed by atoms with E-state index in [0.29, 0.717) is 35.1 Å². The van der Waals surface area contributed by atoms with Gasteiger partial charge >= 0.3 is 0 Å². The van der Waals surface area contributed by atoms with Crippen molar-refractivity contribution in [3.63, 3.8) is 0 Å². The second-order valence-corrected chi connectivity index (χ2v) is 5.74. The molecule has 5 nitrogen and oxygen atoms in total. The summed E-state index contributed by atoms with van der Waals surface area (Å²) in [6.07, 6.45) is 5.84. The number of hydrogen-bond acceptors (Lipinski definition) is 4. The summed E-state index contributed by atoms with van der Waals surface area (Å²) in [5.74, 6) is 3.71. The van der Waals surface area contributed by atoms with E-state index in [1.54, 1.807) is 12.1 Å². The average molecular weight is 374 g/mol. The molecule has 0 aliphatic heterocycles. The van der Waals surface area contributed by atoms with Crippen LogP contribution in [0.3, 0.4) is 0 Å². The Morgan fingerprint density at radius 2 is 1.92 bits per heavy atom. The summed E-state index contributed by atoms with van der Waals surface area (Å²) >= 11 is 6.13. The van der Waals surface area contributed by atoms with Crippen LogP contribution in [0.5, 0.6) is 17.2 Å². The molecule has 0 unspecified atom stereocenters. The van der Waals surface area contributed by atoms with E-state index < -0.39 is 0 Å². The zero-order chi connectivity index (χ0) is 18.9. The number of benzene rings is 2. The zero-order valence-corrected chi connectivity index (χ0v) is 15.4. The Hall–Kier alpha value is -2.84. The molecule has 0 saturated heterocycles. The maximum Gasteiger partial charge on any atom is 0.251 e. The number of carbonyl (C=O) groups excluding carboxylic acids is 1. The molecule has 136 valence electrons. The van der Waals surface area contributed by atoms with E-state index >= 15 is 0 Å². The van der Waals surface area contributed by atoms with E-state index in [9.17, 15) is 4.79 Å². The molecule has 0 spiro atoms. The fourth-order valence-electron chi connectivity index (χ4n) is 2.35. The normalized spacial score (nSPS) is 9.92. The number of methoxy groups -OCH3 is 2. The number of rotatable bonds is 8. The molecule has 0 saturated carbocycles. The lowest BCUT2D eigenvalue weighted by molar-refractivity contribution is 0.0953. The highest BCUT2D eigenvalue weighted by molar-refractivity contribution is 6.32. The van der Waals surface area contributed by atoms with Crippen molar-refractivity contribution in [1.82, 2.24) is 5.32 Å². The number of carbonyl (C=O) groups is 1. The zero-order valence-electron chi connectivity index (χ0n) is 14.7. The number of halogens is 1. The van der Waals surface area contributed by atoms with E-state index in [4.69, 9.17) is 32.2 Å². The summed E-state index contributed by atoms with van der Waals surface area (Å²) in [6.45, 7) is 0.721. The van der Waals surface area contributed by atoms with E-state index in [0.717, 1.165) is 11.3 Å². The third kappa shape index (κ3) is 5.08. The van der Waals surface area contributed by atoms with Crippen molar-refractivity contribution in [2.75, 3.05) is 27.4 Å². The third-order valence-corrected chi connectivity index (χ3v) is 3.92. The standard InChI is InChI=1S/C20H20ClNO4/c1-4-11-26-16-7-5-14(6-8-16)9-10-22-20(23)15-12-17(21)19(25-3)18(13-15)24-2/h1,5-8,12-13H,9-11H2,2-3H3,(H,22,23). The van der Waals surface area contributed by atoms with Crippen LogP contribution in [0.4, 0.5) is 0 Å². The van der Waals surface area contributed by atoms with Crippen LogP contribution >= 0.6 is 11.6 Å². The summed E-state index contributed by atoms with van der Waals surface area (Å²) in [6, 6.07) is 10.7. The number of nitrogens with one attached hydrogen (secondary N) is 1. The fraction of sp³-hybridized carbons (Fsp3) is 0.250. The minimum absolute atomic E-state index is 0.234. The van der Waals surface area contributed by atoms with Gasteiger partial charge in [0, 0.05) is 12.1 Å². The van der Waals surface area contributed by atoms with E-state index in [2.05, 4.69) is 11.2 Å². The highest BCUT2D eigenvalue weighted by Crippen LogP contribution is 2.35. The van der Waals surface area contributed by atoms with Crippen molar-refractivity contribution < 1.29 is 19.0 Å². The predicted molar refractivity (Wildman–Crippen MR) is 101 cm³/mol. The molecule has 0 radical (unpaired) electrons. The summed E-state index contributed by atoms with van der Waals surface area (Å²) in [5.41, 5.74) is 1.48. The van der Waals surface area contributed by atoms with Crippen LogP contribution < -0.4 is 19.5 Å². The van der Waals surface area contributed by atoms with Crippen molar-refractivity contribution in [1.29, 1.82) is 0 Å². The van der Waals surface area contributed by atoms with Crippen molar-refractivity contribution in [2.45, 2.75) is 6.42 Å². The Labute approximate surface area is 158 Å². The van der Waals surface area contributed by atoms with Crippen molar-refractivity contribution in [3.8, 4) is 29.6 Å². The maximum atomic E-state index is 12.3. The van der Waals surface area contributed by atoms with Gasteiger partial charge in [-0.3, -0.25) is 4.79 Å². The van der Waals surface area contributed by atoms with Gasteiger partial charge in [0.2, 0.25) is 0 Å². The molecule has 2 aromatic carbocycles. The van der Waals surface area contributed by atoms with Crippen LogP contribution in [0, 0.1) is 12.3 Å².